The Morgan fingerprint density at radius 1 is 1.00 bits per heavy atom. The van der Waals surface area contributed by atoms with E-state index in [1.54, 1.807) is 0 Å². The van der Waals surface area contributed by atoms with Gasteiger partial charge >= 0.3 is 12.3 Å². The lowest BCUT2D eigenvalue weighted by atomic mass is 10.4. The molecule has 0 unspecified atom stereocenters. The van der Waals surface area contributed by atoms with Crippen molar-refractivity contribution in [3.8, 4) is 0 Å². The first-order valence-corrected chi connectivity index (χ1v) is 4.08. The van der Waals surface area contributed by atoms with Crippen LogP contribution in [0.3, 0.4) is 0 Å². The van der Waals surface area contributed by atoms with Crippen molar-refractivity contribution in [2.75, 3.05) is 0 Å². The van der Waals surface area contributed by atoms with E-state index < -0.39 is 14.0 Å². The summed E-state index contributed by atoms with van der Waals surface area (Å²) >= 11 is 1.25. The summed E-state index contributed by atoms with van der Waals surface area (Å²) in [6.45, 7) is 0. The molecule has 0 atom stereocenters. The highest BCUT2D eigenvalue weighted by Gasteiger charge is 2.58. The quantitative estimate of drug-likeness (QED) is 0.388. The van der Waals surface area contributed by atoms with E-state index >= 15 is 0 Å². The normalized spacial score (nSPS) is 14.4. The Morgan fingerprint density at radius 3 is 1.30 bits per heavy atom. The average molecular weight is 386 g/mol. The molecule has 0 saturated carbocycles. The Kier molecular flexibility index (Phi) is 3.59. The number of alkyl halides is 7. The van der Waals surface area contributed by atoms with Gasteiger partial charge in [-0.25, -0.2) is 13.2 Å². The van der Waals surface area contributed by atoms with Crippen LogP contribution in [0.2, 0.25) is 0 Å². The zero-order valence-corrected chi connectivity index (χ0v) is 8.54. The fraction of sp³-hybridized carbons (Fsp3) is 1.00. The summed E-state index contributed by atoms with van der Waals surface area (Å²) in [5.74, 6) is -4.59. The van der Waals surface area contributed by atoms with Gasteiger partial charge in [0.05, 0.1) is 0 Å². The van der Waals surface area contributed by atoms with E-state index in [-0.39, 0.29) is 0 Å². The Morgan fingerprint density at radius 2 is 1.30 bits per heavy atom. The molecule has 0 spiro atoms. The fourth-order valence-electron chi connectivity index (χ4n) is 0.124. The zero-order chi connectivity index (χ0) is 8.58. The molecule has 0 bridgehead atoms. The van der Waals surface area contributed by atoms with Crippen molar-refractivity contribution in [2.45, 2.75) is 14.0 Å². The van der Waals surface area contributed by atoms with Crippen LogP contribution in [-0.4, -0.2) is 14.0 Å². The van der Waals surface area contributed by atoms with Gasteiger partial charge in [-0.1, -0.05) is 0 Å². The average Bonchev–Trinajstić information content (AvgIpc) is 1.62. The summed E-state index contributed by atoms with van der Waals surface area (Å²) in [4.78, 5) is 0. The molecule has 0 fully saturated rings. The third-order valence-corrected chi connectivity index (χ3v) is 2.09. The summed E-state index contributed by atoms with van der Waals surface area (Å²) in [5.41, 5.74) is 0. The highest BCUT2D eigenvalue weighted by Crippen LogP contribution is 2.47. The lowest BCUT2D eigenvalue weighted by Gasteiger charge is -2.21. The lowest BCUT2D eigenvalue weighted by Crippen LogP contribution is -2.40. The van der Waals surface area contributed by atoms with Crippen molar-refractivity contribution in [2.24, 2.45) is 0 Å². The Bertz CT molecular complexity index is 117. The first-order chi connectivity index (χ1) is 4.19. The first-order valence-electron chi connectivity index (χ1n) is 1.92. The van der Waals surface area contributed by atoms with Crippen LogP contribution in [0.25, 0.3) is 0 Å². The zero-order valence-electron chi connectivity index (χ0n) is 4.22. The topological polar surface area (TPSA) is 0 Å². The van der Waals surface area contributed by atoms with Gasteiger partial charge < -0.3 is 0 Å². The number of hydrogen-bond acceptors (Lipinski definition) is 0. The van der Waals surface area contributed by atoms with Crippen molar-refractivity contribution < 1.29 is 22.0 Å². The molecule has 0 radical (unpaired) electrons. The summed E-state index contributed by atoms with van der Waals surface area (Å²) < 4.78 is 55.4. The van der Waals surface area contributed by atoms with E-state index in [0.29, 0.717) is 45.2 Å². The van der Waals surface area contributed by atoms with E-state index in [9.17, 15) is 22.0 Å². The number of hydrogen-bond donors (Lipinski definition) is 0. The second-order valence-corrected chi connectivity index (χ2v) is 6.46. The second kappa shape index (κ2) is 3.23. The van der Waals surface area contributed by atoms with Crippen LogP contribution in [0.15, 0.2) is 0 Å². The maximum Gasteiger partial charge on any atom is 0.358 e. The minimum absolute atomic E-state index is 0.625. The summed E-state index contributed by atoms with van der Waals surface area (Å²) in [6.07, 6.45) is -3.97. The SMILES string of the molecule is FC(F)C(F)(F)C(F)(I)I. The van der Waals surface area contributed by atoms with Crippen LogP contribution in [0.5, 0.6) is 0 Å². The standard InChI is InChI=1S/C3HF5I2/c4-1(5)2(6,7)3(8,9)10/h1H. The molecule has 0 aromatic rings. The highest BCUT2D eigenvalue weighted by atomic mass is 127. The third kappa shape index (κ3) is 2.31. The van der Waals surface area contributed by atoms with Crippen LogP contribution < -0.4 is 0 Å². The molecule has 0 amide bonds. The van der Waals surface area contributed by atoms with Crippen molar-refractivity contribution in [1.82, 2.24) is 0 Å². The summed E-state index contributed by atoms with van der Waals surface area (Å²) in [7, 11) is 0. The van der Waals surface area contributed by atoms with Crippen LogP contribution >= 0.6 is 45.2 Å². The molecule has 0 saturated heterocycles. The molecule has 62 valence electrons. The molecule has 0 aromatic heterocycles. The molecule has 7 heteroatoms. The van der Waals surface area contributed by atoms with Gasteiger partial charge in [-0.2, -0.15) is 8.78 Å². The summed E-state index contributed by atoms with van der Waals surface area (Å²) in [6, 6.07) is 0. The Hall–Kier alpha value is 1.11. The van der Waals surface area contributed by atoms with Crippen LogP contribution in [-0.2, 0) is 0 Å². The molecule has 0 heterocycles. The summed E-state index contributed by atoms with van der Waals surface area (Å²) in [5, 5.41) is 0. The van der Waals surface area contributed by atoms with Gasteiger partial charge in [0.15, 0.2) is 0 Å². The van der Waals surface area contributed by atoms with E-state index in [4.69, 9.17) is 0 Å². The molecule has 0 aliphatic heterocycles. The van der Waals surface area contributed by atoms with Gasteiger partial charge in [-0.05, 0) is 45.2 Å². The lowest BCUT2D eigenvalue weighted by molar-refractivity contribution is -0.148. The smallest absolute Gasteiger partial charge is 0.214 e. The van der Waals surface area contributed by atoms with Gasteiger partial charge in [0.2, 0.25) is 0 Å². The molecule has 0 aliphatic carbocycles. The molecule has 0 nitrogen and oxygen atoms in total. The fourth-order valence-corrected chi connectivity index (χ4v) is 0.595. The molecule has 10 heavy (non-hydrogen) atoms. The molecule has 0 N–H and O–H groups in total. The monoisotopic (exact) mass is 386 g/mol. The van der Waals surface area contributed by atoms with Gasteiger partial charge in [0, 0.05) is 0 Å². The molecule has 0 rings (SSSR count). The number of halogens is 7. The molecular weight excluding hydrogens is 385 g/mol. The number of rotatable bonds is 2. The van der Waals surface area contributed by atoms with E-state index in [1.165, 1.54) is 0 Å². The van der Waals surface area contributed by atoms with Gasteiger partial charge in [0.25, 0.3) is 1.68 Å². The highest BCUT2D eigenvalue weighted by molar-refractivity contribution is 14.2. The van der Waals surface area contributed by atoms with Gasteiger partial charge in [-0.3, -0.25) is 0 Å². The Balaban J connectivity index is 4.40. The second-order valence-electron chi connectivity index (χ2n) is 1.42. The van der Waals surface area contributed by atoms with Crippen LogP contribution in [0.4, 0.5) is 22.0 Å². The van der Waals surface area contributed by atoms with E-state index in [0.717, 1.165) is 0 Å². The van der Waals surface area contributed by atoms with Crippen molar-refractivity contribution in [3.05, 3.63) is 0 Å². The van der Waals surface area contributed by atoms with Crippen molar-refractivity contribution >= 4 is 45.2 Å². The predicted molar refractivity (Wildman–Crippen MR) is 42.8 cm³/mol. The van der Waals surface area contributed by atoms with Crippen LogP contribution in [0.1, 0.15) is 0 Å². The maximum atomic E-state index is 12.2. The third-order valence-electron chi connectivity index (χ3n) is 0.652. The molecule has 0 aliphatic rings. The van der Waals surface area contributed by atoms with Crippen molar-refractivity contribution in [3.63, 3.8) is 0 Å². The largest absolute Gasteiger partial charge is 0.358 e. The Labute approximate surface area is 80.8 Å². The minimum Gasteiger partial charge on any atom is -0.214 e. The van der Waals surface area contributed by atoms with E-state index in [1.807, 2.05) is 0 Å². The van der Waals surface area contributed by atoms with Crippen LogP contribution in [0, 0.1) is 0 Å². The molecular formula is C3HF5I2. The first kappa shape index (κ1) is 11.1. The molecule has 0 aromatic carbocycles. The van der Waals surface area contributed by atoms with E-state index in [2.05, 4.69) is 0 Å². The van der Waals surface area contributed by atoms with Gasteiger partial charge in [0.1, 0.15) is 0 Å². The van der Waals surface area contributed by atoms with Crippen molar-refractivity contribution in [1.29, 1.82) is 0 Å². The minimum atomic E-state index is -4.59. The maximum absolute atomic E-state index is 12.2. The van der Waals surface area contributed by atoms with Gasteiger partial charge in [-0.15, -0.1) is 0 Å². The predicted octanol–water partition coefficient (Wildman–Crippen LogP) is 3.38.